The lowest BCUT2D eigenvalue weighted by Crippen LogP contribution is -2.52. The number of aryl methyl sites for hydroxylation is 3. The largest absolute Gasteiger partial charge is 0.466 e. The van der Waals surface area contributed by atoms with E-state index in [0.717, 1.165) is 83.1 Å². The third kappa shape index (κ3) is 9.01. The average molecular weight is 767 g/mol. The SMILES string of the molecule is CCOC(=O)CC(NC(=O)C(CC(C)C)n1cc(CCN2CC3CCC(C2)N3C)c(C(F)(F)F)cc1=O)c1cc2c(c(-c3c(C)cc(F)cc3C)c1)CCC2. The van der Waals surface area contributed by atoms with Crippen LogP contribution in [0.1, 0.15) is 104 Å². The van der Waals surface area contributed by atoms with Crippen LogP contribution in [-0.4, -0.2) is 71.6 Å². The quantitative estimate of drug-likeness (QED) is 0.143. The number of hydrogen-bond acceptors (Lipinski definition) is 6. The minimum Gasteiger partial charge on any atom is -0.466 e. The maximum absolute atomic E-state index is 14.5. The molecule has 1 aliphatic carbocycles. The normalized spacial score (nSPS) is 19.8. The van der Waals surface area contributed by atoms with E-state index in [1.165, 1.54) is 18.3 Å². The van der Waals surface area contributed by atoms with E-state index >= 15 is 0 Å². The van der Waals surface area contributed by atoms with Gasteiger partial charge in [0.2, 0.25) is 5.91 Å². The highest BCUT2D eigenvalue weighted by atomic mass is 19.4. The second kappa shape index (κ2) is 16.6. The summed E-state index contributed by atoms with van der Waals surface area (Å²) in [6.07, 6.45) is 1.22. The van der Waals surface area contributed by atoms with Gasteiger partial charge in [0.25, 0.3) is 5.56 Å². The molecule has 55 heavy (non-hydrogen) atoms. The van der Waals surface area contributed by atoms with Crippen molar-refractivity contribution in [3.8, 4) is 11.1 Å². The van der Waals surface area contributed by atoms with Crippen LogP contribution in [0.15, 0.2) is 41.3 Å². The van der Waals surface area contributed by atoms with E-state index in [9.17, 15) is 31.9 Å². The number of fused-ring (bicyclic) bond motifs is 3. The van der Waals surface area contributed by atoms with Crippen molar-refractivity contribution in [1.82, 2.24) is 19.7 Å². The van der Waals surface area contributed by atoms with Crippen molar-refractivity contribution in [2.75, 3.05) is 33.3 Å². The van der Waals surface area contributed by atoms with E-state index in [0.29, 0.717) is 30.3 Å². The van der Waals surface area contributed by atoms with E-state index in [4.69, 9.17) is 4.74 Å². The average Bonchev–Trinajstić information content (AvgIpc) is 3.64. The van der Waals surface area contributed by atoms with Crippen LogP contribution in [0.2, 0.25) is 0 Å². The van der Waals surface area contributed by atoms with E-state index in [2.05, 4.69) is 22.2 Å². The zero-order valence-corrected chi connectivity index (χ0v) is 32.8. The van der Waals surface area contributed by atoms with Crippen molar-refractivity contribution in [1.29, 1.82) is 0 Å². The molecule has 298 valence electrons. The number of carbonyl (C=O) groups excluding carboxylic acids is 2. The van der Waals surface area contributed by atoms with Crippen molar-refractivity contribution in [2.45, 2.75) is 116 Å². The summed E-state index contributed by atoms with van der Waals surface area (Å²) in [5.41, 5.74) is 4.30. The molecule has 1 aromatic heterocycles. The Morgan fingerprint density at radius 1 is 1.00 bits per heavy atom. The number of likely N-dealkylation sites (tertiary alicyclic amines) is 1. The number of pyridine rings is 1. The summed E-state index contributed by atoms with van der Waals surface area (Å²) in [7, 11) is 2.10. The molecule has 6 rings (SSSR count). The Kier molecular flexibility index (Phi) is 12.3. The molecule has 8 nitrogen and oxygen atoms in total. The molecular formula is C43H54F4N4O4. The summed E-state index contributed by atoms with van der Waals surface area (Å²) in [5.74, 6) is -1.55. The Morgan fingerprint density at radius 2 is 1.67 bits per heavy atom. The van der Waals surface area contributed by atoms with Crippen LogP contribution in [0.25, 0.3) is 11.1 Å². The second-order valence-corrected chi connectivity index (χ2v) is 16.2. The highest BCUT2D eigenvalue weighted by Crippen LogP contribution is 2.40. The zero-order chi connectivity index (χ0) is 39.8. The number of alkyl halides is 3. The van der Waals surface area contributed by atoms with E-state index in [1.807, 2.05) is 39.8 Å². The first kappa shape index (κ1) is 40.6. The fraction of sp³-hybridized carbons (Fsp3) is 0.558. The number of aromatic nitrogens is 1. The molecule has 3 aromatic rings. The van der Waals surface area contributed by atoms with Crippen LogP contribution in [0.4, 0.5) is 17.6 Å². The van der Waals surface area contributed by atoms with Crippen LogP contribution in [0.3, 0.4) is 0 Å². The fourth-order valence-corrected chi connectivity index (χ4v) is 9.15. The van der Waals surface area contributed by atoms with Gasteiger partial charge in [-0.3, -0.25) is 24.2 Å². The molecule has 4 atom stereocenters. The molecule has 2 aliphatic heterocycles. The Bertz CT molecular complexity index is 1940. The Morgan fingerprint density at radius 3 is 2.29 bits per heavy atom. The molecule has 2 fully saturated rings. The van der Waals surface area contributed by atoms with Crippen LogP contribution in [0.5, 0.6) is 0 Å². The molecule has 2 saturated heterocycles. The number of benzene rings is 2. The van der Waals surface area contributed by atoms with Gasteiger partial charge in [-0.2, -0.15) is 13.2 Å². The van der Waals surface area contributed by atoms with Gasteiger partial charge in [-0.05, 0) is 141 Å². The first-order chi connectivity index (χ1) is 26.0. The number of nitrogens with one attached hydrogen (secondary N) is 1. The molecule has 2 bridgehead atoms. The van der Waals surface area contributed by atoms with Crippen molar-refractivity contribution >= 4 is 11.9 Å². The summed E-state index contributed by atoms with van der Waals surface area (Å²) in [5, 5.41) is 3.04. The van der Waals surface area contributed by atoms with E-state index in [1.54, 1.807) is 6.92 Å². The highest BCUT2D eigenvalue weighted by Gasteiger charge is 2.39. The predicted molar refractivity (Wildman–Crippen MR) is 204 cm³/mol. The number of rotatable bonds is 13. The van der Waals surface area contributed by atoms with Crippen molar-refractivity contribution in [3.63, 3.8) is 0 Å². The molecule has 0 radical (unpaired) electrons. The van der Waals surface area contributed by atoms with Crippen LogP contribution in [0, 0.1) is 25.6 Å². The molecule has 3 aliphatic rings. The maximum Gasteiger partial charge on any atom is 0.416 e. The second-order valence-electron chi connectivity index (χ2n) is 16.2. The van der Waals surface area contributed by atoms with Crippen molar-refractivity contribution in [3.05, 3.63) is 91.6 Å². The molecule has 4 unspecified atom stereocenters. The number of hydrogen-bond donors (Lipinski definition) is 1. The number of likely N-dealkylation sites (N-methyl/N-ethyl adjacent to an activating group) is 1. The lowest BCUT2D eigenvalue weighted by molar-refractivity contribution is -0.144. The molecule has 1 amide bonds. The minimum absolute atomic E-state index is 0.0312. The number of ether oxygens (including phenoxy) is 1. The Balaban J connectivity index is 1.36. The van der Waals surface area contributed by atoms with Crippen LogP contribution < -0.4 is 10.9 Å². The molecule has 2 aromatic carbocycles. The first-order valence-electron chi connectivity index (χ1n) is 19.7. The lowest BCUT2D eigenvalue weighted by Gasteiger charge is -2.39. The van der Waals surface area contributed by atoms with Crippen molar-refractivity contribution in [2.24, 2.45) is 5.92 Å². The van der Waals surface area contributed by atoms with Gasteiger partial charge in [0.05, 0.1) is 24.6 Å². The van der Waals surface area contributed by atoms with Gasteiger partial charge in [-0.15, -0.1) is 0 Å². The Hall–Kier alpha value is -4.03. The molecule has 1 N–H and O–H groups in total. The zero-order valence-electron chi connectivity index (χ0n) is 32.8. The van der Waals surface area contributed by atoms with Gasteiger partial charge in [-0.25, -0.2) is 4.39 Å². The summed E-state index contributed by atoms with van der Waals surface area (Å²) in [6.45, 7) is 11.3. The maximum atomic E-state index is 14.5. The molecule has 0 spiro atoms. The van der Waals surface area contributed by atoms with E-state index in [-0.39, 0.29) is 43.2 Å². The number of piperazine rings is 1. The number of nitrogens with zero attached hydrogens (tertiary/aromatic N) is 3. The van der Waals surface area contributed by atoms with Gasteiger partial charge in [0, 0.05) is 44.0 Å². The third-order valence-electron chi connectivity index (χ3n) is 11.8. The summed E-state index contributed by atoms with van der Waals surface area (Å²) in [4.78, 5) is 45.7. The topological polar surface area (TPSA) is 83.9 Å². The summed E-state index contributed by atoms with van der Waals surface area (Å²) in [6, 6.07) is 6.30. The third-order valence-corrected chi connectivity index (χ3v) is 11.8. The number of carbonyl (C=O) groups is 2. The predicted octanol–water partition coefficient (Wildman–Crippen LogP) is 7.50. The van der Waals surface area contributed by atoms with Crippen molar-refractivity contribution < 1.29 is 31.9 Å². The summed E-state index contributed by atoms with van der Waals surface area (Å²) < 4.78 is 64.2. The molecular weight excluding hydrogens is 712 g/mol. The molecule has 0 saturated carbocycles. The monoisotopic (exact) mass is 766 g/mol. The standard InChI is InChI=1S/C43H54F4N4O4/c1-7-55-40(53)21-37(30-18-28-9-8-10-34(28)35(19-30)41-26(4)16-31(44)17-27(41)5)48-42(54)38(15-25(2)3)51-22-29(36(20-39(51)52)43(45,46)47)13-14-50-23-32-11-12-33(24-50)49(32)6/h16-20,22,25,32-33,37-38H,7-15,21,23-24H2,1-6H3,(H,48,54). The van der Waals surface area contributed by atoms with Gasteiger partial charge < -0.3 is 14.6 Å². The van der Waals surface area contributed by atoms with Crippen LogP contribution in [-0.2, 0) is 39.8 Å². The van der Waals surface area contributed by atoms with Crippen LogP contribution >= 0.6 is 0 Å². The fourth-order valence-electron chi connectivity index (χ4n) is 9.15. The van der Waals surface area contributed by atoms with Gasteiger partial charge >= 0.3 is 12.1 Å². The molecule has 12 heteroatoms. The summed E-state index contributed by atoms with van der Waals surface area (Å²) >= 11 is 0. The van der Waals surface area contributed by atoms with E-state index < -0.39 is 41.3 Å². The Labute approximate surface area is 321 Å². The highest BCUT2D eigenvalue weighted by molar-refractivity contribution is 5.82. The lowest BCUT2D eigenvalue weighted by atomic mass is 9.87. The smallest absolute Gasteiger partial charge is 0.416 e. The van der Waals surface area contributed by atoms with Gasteiger partial charge in [0.1, 0.15) is 11.9 Å². The molecule has 3 heterocycles. The number of esters is 1. The van der Waals surface area contributed by atoms with Gasteiger partial charge in [-0.1, -0.05) is 19.9 Å². The van der Waals surface area contributed by atoms with Gasteiger partial charge in [0.15, 0.2) is 0 Å². The first-order valence-corrected chi connectivity index (χ1v) is 19.7. The minimum atomic E-state index is -4.75. The number of halogens is 4. The number of amides is 1.